The van der Waals surface area contributed by atoms with Gasteiger partial charge in [0.15, 0.2) is 11.5 Å². The third-order valence-electron chi connectivity index (χ3n) is 7.52. The van der Waals surface area contributed by atoms with E-state index in [0.29, 0.717) is 12.7 Å². The molecule has 1 N–H and O–H groups in total. The lowest BCUT2D eigenvalue weighted by molar-refractivity contribution is -0.139. The number of benzene rings is 2. The Hall–Kier alpha value is -3.10. The van der Waals surface area contributed by atoms with E-state index in [9.17, 15) is 4.79 Å². The summed E-state index contributed by atoms with van der Waals surface area (Å²) in [5.74, 6) is 3.14. The number of nitrogens with one attached hydrogen (secondary N) is 1. The molecule has 0 radical (unpaired) electrons. The molecule has 184 valence electrons. The number of fused-ring (bicyclic) bond motifs is 2. The second-order valence-electron chi connectivity index (χ2n) is 10.0. The second kappa shape index (κ2) is 9.51. The maximum absolute atomic E-state index is 13.2. The number of H-pyrrole nitrogens is 1. The molecule has 1 amide bonds. The van der Waals surface area contributed by atoms with Crippen LogP contribution in [0.25, 0.3) is 11.0 Å². The lowest BCUT2D eigenvalue weighted by Gasteiger charge is -2.38. The number of amides is 1. The largest absolute Gasteiger partial charge is 0.454 e. The molecule has 3 aliphatic rings. The average Bonchev–Trinajstić information content (AvgIpc) is 3.50. The highest BCUT2D eigenvalue weighted by molar-refractivity contribution is 5.79. The van der Waals surface area contributed by atoms with Crippen molar-refractivity contribution >= 4 is 16.9 Å². The minimum atomic E-state index is 0.144. The molecule has 1 aromatic heterocycles. The molecule has 8 heteroatoms. The Bertz CT molecular complexity index is 1210. The van der Waals surface area contributed by atoms with Crippen molar-refractivity contribution < 1.29 is 14.3 Å². The van der Waals surface area contributed by atoms with Crippen LogP contribution in [-0.2, 0) is 17.9 Å². The number of carbonyl (C=O) groups is 1. The van der Waals surface area contributed by atoms with Gasteiger partial charge in [-0.3, -0.25) is 14.6 Å². The third-order valence-corrected chi connectivity index (χ3v) is 7.52. The van der Waals surface area contributed by atoms with Gasteiger partial charge in [0.05, 0.1) is 17.6 Å². The zero-order valence-electron chi connectivity index (χ0n) is 20.3. The Morgan fingerprint density at radius 1 is 0.943 bits per heavy atom. The number of hydrogen-bond donors (Lipinski definition) is 1. The predicted molar refractivity (Wildman–Crippen MR) is 133 cm³/mol. The van der Waals surface area contributed by atoms with Gasteiger partial charge < -0.3 is 19.4 Å². The number of likely N-dealkylation sites (tertiary alicyclic amines) is 1. The first-order chi connectivity index (χ1) is 17.1. The molecule has 0 atom stereocenters. The summed E-state index contributed by atoms with van der Waals surface area (Å²) in [4.78, 5) is 28.3. The zero-order chi connectivity index (χ0) is 23.8. The summed E-state index contributed by atoms with van der Waals surface area (Å²) in [7, 11) is 0. The molecule has 2 aromatic carbocycles. The molecule has 35 heavy (non-hydrogen) atoms. The molecule has 2 fully saturated rings. The number of imidazole rings is 1. The molecule has 0 spiro atoms. The highest BCUT2D eigenvalue weighted by atomic mass is 16.7. The maximum atomic E-state index is 13.2. The molecule has 4 heterocycles. The van der Waals surface area contributed by atoms with E-state index in [0.717, 1.165) is 93.6 Å². The lowest BCUT2D eigenvalue weighted by Crippen LogP contribution is -2.51. The Morgan fingerprint density at radius 2 is 1.71 bits per heavy atom. The topological polar surface area (TPSA) is 73.9 Å². The van der Waals surface area contributed by atoms with E-state index in [1.807, 2.05) is 6.07 Å². The quantitative estimate of drug-likeness (QED) is 0.611. The van der Waals surface area contributed by atoms with Crippen LogP contribution in [0.3, 0.4) is 0 Å². The van der Waals surface area contributed by atoms with Crippen molar-refractivity contribution in [3.8, 4) is 11.5 Å². The summed E-state index contributed by atoms with van der Waals surface area (Å²) in [5, 5.41) is 0. The van der Waals surface area contributed by atoms with E-state index in [1.54, 1.807) is 0 Å². The molecule has 8 nitrogen and oxygen atoms in total. The van der Waals surface area contributed by atoms with Crippen molar-refractivity contribution in [2.24, 2.45) is 5.92 Å². The summed E-state index contributed by atoms with van der Waals surface area (Å²) in [5.41, 5.74) is 4.58. The summed E-state index contributed by atoms with van der Waals surface area (Å²) in [6.45, 7) is 9.40. The van der Waals surface area contributed by atoms with Gasteiger partial charge in [-0.1, -0.05) is 12.1 Å². The maximum Gasteiger partial charge on any atom is 0.231 e. The highest BCUT2D eigenvalue weighted by Crippen LogP contribution is 2.33. The van der Waals surface area contributed by atoms with Crippen LogP contribution in [0.15, 0.2) is 36.4 Å². The third kappa shape index (κ3) is 4.86. The van der Waals surface area contributed by atoms with Crippen molar-refractivity contribution in [3.05, 3.63) is 53.3 Å². The fraction of sp³-hybridized carbons (Fsp3) is 0.481. The van der Waals surface area contributed by atoms with Crippen LogP contribution in [0.1, 0.15) is 29.8 Å². The first kappa shape index (κ1) is 22.4. The number of rotatable bonds is 5. The number of hydrogen-bond acceptors (Lipinski definition) is 6. The molecule has 0 unspecified atom stereocenters. The number of nitrogens with zero attached hydrogens (tertiary/aromatic N) is 4. The van der Waals surface area contributed by atoms with E-state index in [2.05, 4.69) is 56.9 Å². The number of piperidine rings is 1. The Morgan fingerprint density at radius 3 is 2.54 bits per heavy atom. The molecule has 3 aromatic rings. The molecular weight excluding hydrogens is 442 g/mol. The smallest absolute Gasteiger partial charge is 0.231 e. The van der Waals surface area contributed by atoms with Crippen LogP contribution in [0.2, 0.25) is 0 Å². The van der Waals surface area contributed by atoms with Crippen LogP contribution in [0, 0.1) is 12.8 Å². The van der Waals surface area contributed by atoms with Gasteiger partial charge in [-0.25, -0.2) is 4.98 Å². The summed E-state index contributed by atoms with van der Waals surface area (Å²) in [6, 6.07) is 12.5. The first-order valence-corrected chi connectivity index (χ1v) is 12.7. The second-order valence-corrected chi connectivity index (χ2v) is 10.0. The highest BCUT2D eigenvalue weighted by Gasteiger charge is 2.30. The number of aryl methyl sites for hydroxylation is 1. The molecule has 0 saturated carbocycles. The van der Waals surface area contributed by atoms with E-state index in [1.165, 1.54) is 11.1 Å². The van der Waals surface area contributed by atoms with E-state index in [-0.39, 0.29) is 5.92 Å². The number of carbonyl (C=O) groups excluding carboxylic acids is 1. The number of aromatic nitrogens is 2. The summed E-state index contributed by atoms with van der Waals surface area (Å²) in [6.07, 6.45) is 1.85. The Kier molecular flexibility index (Phi) is 6.08. The Balaban J connectivity index is 0.965. The van der Waals surface area contributed by atoms with Crippen LogP contribution < -0.4 is 9.47 Å². The van der Waals surface area contributed by atoms with Crippen molar-refractivity contribution in [2.75, 3.05) is 46.1 Å². The van der Waals surface area contributed by atoms with Crippen molar-refractivity contribution in [3.63, 3.8) is 0 Å². The van der Waals surface area contributed by atoms with Crippen LogP contribution in [0.4, 0.5) is 0 Å². The molecule has 2 saturated heterocycles. The summed E-state index contributed by atoms with van der Waals surface area (Å²) < 4.78 is 10.9. The predicted octanol–water partition coefficient (Wildman–Crippen LogP) is 3.16. The van der Waals surface area contributed by atoms with E-state index in [4.69, 9.17) is 14.5 Å². The van der Waals surface area contributed by atoms with E-state index >= 15 is 0 Å². The van der Waals surface area contributed by atoms with Gasteiger partial charge in [0, 0.05) is 38.6 Å². The average molecular weight is 476 g/mol. The van der Waals surface area contributed by atoms with Crippen molar-refractivity contribution in [1.82, 2.24) is 24.7 Å². The van der Waals surface area contributed by atoms with Gasteiger partial charge in [0.2, 0.25) is 12.7 Å². The van der Waals surface area contributed by atoms with Gasteiger partial charge in [-0.05, 0) is 68.2 Å². The number of piperazine rings is 1. The minimum Gasteiger partial charge on any atom is -0.454 e. The van der Waals surface area contributed by atoms with Crippen LogP contribution >= 0.6 is 0 Å². The molecule has 0 aliphatic carbocycles. The first-order valence-electron chi connectivity index (χ1n) is 12.7. The lowest BCUT2D eigenvalue weighted by atomic mass is 9.95. The fourth-order valence-corrected chi connectivity index (χ4v) is 5.48. The van der Waals surface area contributed by atoms with Gasteiger partial charge in [0.25, 0.3) is 0 Å². The normalized spacial score (nSPS) is 19.5. The van der Waals surface area contributed by atoms with Gasteiger partial charge in [0.1, 0.15) is 5.82 Å². The molecule has 6 rings (SSSR count). The van der Waals surface area contributed by atoms with Crippen LogP contribution in [-0.4, -0.2) is 76.6 Å². The SMILES string of the molecule is Cc1ccc2nc(CN3CCC(C(=O)N4CCN(Cc5ccc6c(c5)OCO6)CC4)CC3)[nH]c2c1. The minimum absolute atomic E-state index is 0.144. The monoisotopic (exact) mass is 475 g/mol. The number of aromatic amines is 1. The van der Waals surface area contributed by atoms with Gasteiger partial charge >= 0.3 is 0 Å². The van der Waals surface area contributed by atoms with Crippen LogP contribution in [0.5, 0.6) is 11.5 Å². The fourth-order valence-electron chi connectivity index (χ4n) is 5.48. The van der Waals surface area contributed by atoms with Gasteiger partial charge in [-0.2, -0.15) is 0 Å². The zero-order valence-corrected chi connectivity index (χ0v) is 20.3. The molecular formula is C27H33N5O3. The standard InChI is InChI=1S/C27H33N5O3/c1-19-2-4-22-23(14-19)29-26(28-22)17-30-8-6-21(7-9-30)27(33)32-12-10-31(11-13-32)16-20-3-5-24-25(15-20)35-18-34-24/h2-5,14-15,21H,6-13,16-18H2,1H3,(H,28,29). The Labute approximate surface area is 205 Å². The van der Waals surface area contributed by atoms with Crippen molar-refractivity contribution in [2.45, 2.75) is 32.9 Å². The molecule has 0 bridgehead atoms. The van der Waals surface area contributed by atoms with E-state index < -0.39 is 0 Å². The molecule has 3 aliphatic heterocycles. The van der Waals surface area contributed by atoms with Crippen molar-refractivity contribution in [1.29, 1.82) is 0 Å². The van der Waals surface area contributed by atoms with Gasteiger partial charge in [-0.15, -0.1) is 0 Å². The number of ether oxygens (including phenoxy) is 2. The summed E-state index contributed by atoms with van der Waals surface area (Å²) >= 11 is 0.